The zero-order valence-corrected chi connectivity index (χ0v) is 13.0. The molecule has 0 unspecified atom stereocenters. The lowest BCUT2D eigenvalue weighted by Crippen LogP contribution is -2.56. The van der Waals surface area contributed by atoms with Crippen LogP contribution in [0.2, 0.25) is 0 Å². The molecule has 120 valence electrons. The van der Waals surface area contributed by atoms with Crippen LogP contribution in [0.5, 0.6) is 0 Å². The summed E-state index contributed by atoms with van der Waals surface area (Å²) >= 11 is 0. The van der Waals surface area contributed by atoms with E-state index in [9.17, 15) is 13.2 Å². The zero-order chi connectivity index (χ0) is 15.7. The topological polar surface area (TPSA) is 92.9 Å². The lowest BCUT2D eigenvalue weighted by Gasteiger charge is -2.38. The Morgan fingerprint density at radius 2 is 1.82 bits per heavy atom. The van der Waals surface area contributed by atoms with Crippen molar-refractivity contribution in [1.29, 1.82) is 0 Å². The van der Waals surface area contributed by atoms with Crippen LogP contribution in [-0.4, -0.2) is 55.3 Å². The van der Waals surface area contributed by atoms with Crippen LogP contribution in [0, 0.1) is 0 Å². The van der Waals surface area contributed by atoms with Crippen molar-refractivity contribution < 1.29 is 17.9 Å². The summed E-state index contributed by atoms with van der Waals surface area (Å²) in [4.78, 5) is 11.8. The molecule has 7 nitrogen and oxygen atoms in total. The molecule has 0 aromatic heterocycles. The average Bonchev–Trinajstić information content (AvgIpc) is 2.54. The number of hydrogen-bond acceptors (Lipinski definition) is 4. The number of primary amides is 1. The Morgan fingerprint density at radius 1 is 1.18 bits per heavy atom. The molecule has 8 heteroatoms. The number of amides is 1. The van der Waals surface area contributed by atoms with E-state index in [0.717, 1.165) is 11.1 Å². The molecule has 0 bridgehead atoms. The Kier molecular flexibility index (Phi) is 4.18. The van der Waals surface area contributed by atoms with Crippen molar-refractivity contribution in [1.82, 2.24) is 8.61 Å². The van der Waals surface area contributed by atoms with Crippen LogP contribution < -0.4 is 5.73 Å². The Labute approximate surface area is 129 Å². The number of hydrogen-bond donors (Lipinski definition) is 1. The van der Waals surface area contributed by atoms with Gasteiger partial charge in [0.05, 0.1) is 13.2 Å². The Balaban J connectivity index is 1.95. The van der Waals surface area contributed by atoms with Gasteiger partial charge >= 0.3 is 0 Å². The predicted molar refractivity (Wildman–Crippen MR) is 80.0 cm³/mol. The van der Waals surface area contributed by atoms with Crippen LogP contribution in [0.4, 0.5) is 0 Å². The molecule has 1 aromatic rings. The Morgan fingerprint density at radius 3 is 2.45 bits per heavy atom. The van der Waals surface area contributed by atoms with Gasteiger partial charge in [0.2, 0.25) is 5.91 Å². The van der Waals surface area contributed by atoms with E-state index < -0.39 is 22.2 Å². The second-order valence-electron chi connectivity index (χ2n) is 5.46. The van der Waals surface area contributed by atoms with Crippen molar-refractivity contribution in [3.63, 3.8) is 0 Å². The fourth-order valence-corrected chi connectivity index (χ4v) is 4.62. The van der Waals surface area contributed by atoms with Gasteiger partial charge in [0, 0.05) is 19.6 Å². The smallest absolute Gasteiger partial charge is 0.283 e. The first-order valence-corrected chi connectivity index (χ1v) is 8.60. The van der Waals surface area contributed by atoms with E-state index in [2.05, 4.69) is 0 Å². The molecule has 0 radical (unpaired) electrons. The highest BCUT2D eigenvalue weighted by atomic mass is 32.2. The summed E-state index contributed by atoms with van der Waals surface area (Å²) in [7, 11) is -3.74. The number of nitrogens with two attached hydrogens (primary N) is 1. The zero-order valence-electron chi connectivity index (χ0n) is 12.1. The number of morpholine rings is 1. The van der Waals surface area contributed by atoms with Crippen LogP contribution in [0.3, 0.4) is 0 Å². The molecule has 1 atom stereocenters. The molecular weight excluding hydrogens is 306 g/mol. The van der Waals surface area contributed by atoms with E-state index in [4.69, 9.17) is 10.5 Å². The first-order valence-electron chi connectivity index (χ1n) is 7.21. The fraction of sp³-hybridized carbons (Fsp3) is 0.500. The first kappa shape index (κ1) is 15.4. The summed E-state index contributed by atoms with van der Waals surface area (Å²) in [6.45, 7) is 1.50. The molecule has 3 rings (SSSR count). The highest BCUT2D eigenvalue weighted by molar-refractivity contribution is 7.86. The minimum Gasteiger partial charge on any atom is -0.379 e. The number of ether oxygens (including phenoxy) is 1. The van der Waals surface area contributed by atoms with Crippen LogP contribution in [0.25, 0.3) is 0 Å². The molecule has 2 N–H and O–H groups in total. The summed E-state index contributed by atoms with van der Waals surface area (Å²) < 4.78 is 33.5. The molecule has 2 aliphatic rings. The number of rotatable bonds is 3. The standard InChI is InChI=1S/C14H19N3O4S/c15-14(18)13-9-11-3-1-2-4-12(11)10-17(13)22(19,20)16-5-7-21-8-6-16/h1-4,13H,5-10H2,(H2,15,18)/t13-/m1/s1. The lowest BCUT2D eigenvalue weighted by molar-refractivity contribution is -0.122. The van der Waals surface area contributed by atoms with Gasteiger partial charge in [-0.2, -0.15) is 17.0 Å². The van der Waals surface area contributed by atoms with Gasteiger partial charge in [-0.25, -0.2) is 0 Å². The SMILES string of the molecule is NC(=O)[C@H]1Cc2ccccc2CN1S(=O)(=O)N1CCOCC1. The van der Waals surface area contributed by atoms with Crippen molar-refractivity contribution in [2.45, 2.75) is 19.0 Å². The maximum Gasteiger partial charge on any atom is 0.283 e. The monoisotopic (exact) mass is 325 g/mol. The van der Waals surface area contributed by atoms with Gasteiger partial charge in [0.25, 0.3) is 10.2 Å². The van der Waals surface area contributed by atoms with Crippen LogP contribution >= 0.6 is 0 Å². The summed E-state index contributed by atoms with van der Waals surface area (Å²) in [5.41, 5.74) is 7.34. The minimum atomic E-state index is -3.74. The van der Waals surface area contributed by atoms with E-state index in [1.807, 2.05) is 24.3 Å². The molecule has 0 saturated carbocycles. The van der Waals surface area contributed by atoms with Gasteiger partial charge in [0.1, 0.15) is 6.04 Å². The lowest BCUT2D eigenvalue weighted by atomic mass is 9.96. The summed E-state index contributed by atoms with van der Waals surface area (Å²) in [6, 6.07) is 6.69. The highest BCUT2D eigenvalue weighted by Gasteiger charge is 2.41. The van der Waals surface area contributed by atoms with E-state index in [0.29, 0.717) is 32.7 Å². The second kappa shape index (κ2) is 5.96. The van der Waals surface area contributed by atoms with Gasteiger partial charge in [-0.3, -0.25) is 4.79 Å². The van der Waals surface area contributed by atoms with Crippen LogP contribution in [0.15, 0.2) is 24.3 Å². The quantitative estimate of drug-likeness (QED) is 0.809. The average molecular weight is 325 g/mol. The molecule has 0 aliphatic carbocycles. The highest BCUT2D eigenvalue weighted by Crippen LogP contribution is 2.27. The maximum atomic E-state index is 12.9. The number of carbonyl (C=O) groups excluding carboxylic acids is 1. The minimum absolute atomic E-state index is 0.170. The van der Waals surface area contributed by atoms with E-state index in [-0.39, 0.29) is 6.54 Å². The van der Waals surface area contributed by atoms with Crippen molar-refractivity contribution >= 4 is 16.1 Å². The number of carbonyl (C=O) groups is 1. The third kappa shape index (κ3) is 2.74. The molecule has 1 aromatic carbocycles. The van der Waals surface area contributed by atoms with E-state index >= 15 is 0 Å². The Bertz CT molecular complexity index is 670. The summed E-state index contributed by atoms with van der Waals surface area (Å²) in [5.74, 6) is -0.619. The third-order valence-electron chi connectivity index (χ3n) is 4.13. The van der Waals surface area contributed by atoms with E-state index in [1.165, 1.54) is 8.61 Å². The predicted octanol–water partition coefficient (Wildman–Crippen LogP) is -0.524. The van der Waals surface area contributed by atoms with Gasteiger partial charge < -0.3 is 10.5 Å². The van der Waals surface area contributed by atoms with Gasteiger partial charge in [0.15, 0.2) is 0 Å². The number of benzene rings is 1. The molecule has 2 aliphatic heterocycles. The molecule has 1 fully saturated rings. The van der Waals surface area contributed by atoms with Gasteiger partial charge in [-0.15, -0.1) is 0 Å². The molecule has 1 saturated heterocycles. The first-order chi connectivity index (χ1) is 10.5. The van der Waals surface area contributed by atoms with Crippen LogP contribution in [-0.2, 0) is 32.7 Å². The molecule has 22 heavy (non-hydrogen) atoms. The summed E-state index contributed by atoms with van der Waals surface area (Å²) in [6.07, 6.45) is 0.315. The van der Waals surface area contributed by atoms with Crippen molar-refractivity contribution in [3.05, 3.63) is 35.4 Å². The molecule has 0 spiro atoms. The van der Waals surface area contributed by atoms with E-state index in [1.54, 1.807) is 0 Å². The fourth-order valence-electron chi connectivity index (χ4n) is 2.91. The van der Waals surface area contributed by atoms with Crippen LogP contribution in [0.1, 0.15) is 11.1 Å². The van der Waals surface area contributed by atoms with Gasteiger partial charge in [-0.05, 0) is 17.5 Å². The van der Waals surface area contributed by atoms with Gasteiger partial charge in [-0.1, -0.05) is 24.3 Å². The maximum absolute atomic E-state index is 12.9. The number of fused-ring (bicyclic) bond motifs is 1. The van der Waals surface area contributed by atoms with Crippen molar-refractivity contribution in [3.8, 4) is 0 Å². The molecular formula is C14H19N3O4S. The van der Waals surface area contributed by atoms with Crippen molar-refractivity contribution in [2.24, 2.45) is 5.73 Å². The Hall–Kier alpha value is -1.48. The number of nitrogens with zero attached hydrogens (tertiary/aromatic N) is 2. The third-order valence-corrected chi connectivity index (χ3v) is 6.12. The molecule has 1 amide bonds. The largest absolute Gasteiger partial charge is 0.379 e. The molecule has 2 heterocycles. The summed E-state index contributed by atoms with van der Waals surface area (Å²) in [5, 5.41) is 0. The normalized spacial score (nSPS) is 23.9. The second-order valence-corrected chi connectivity index (χ2v) is 7.34. The van der Waals surface area contributed by atoms with Crippen molar-refractivity contribution in [2.75, 3.05) is 26.3 Å².